The smallest absolute Gasteiger partial charge is 0.387 e. The number of imidazole rings is 1. The SMILES string of the molecule is CC(O)C(=O)c1ncc(-c2c(F)c(OC(F)F)cc3c2[C@H]2C[C@@H](O/C3=C\C#N)c3nc4ccccc4n32)cn1. The summed E-state index contributed by atoms with van der Waals surface area (Å²) in [6.07, 6.45) is 1.82. The zero-order valence-corrected chi connectivity index (χ0v) is 20.2. The van der Waals surface area contributed by atoms with Gasteiger partial charge in [-0.15, -0.1) is 0 Å². The van der Waals surface area contributed by atoms with Crippen molar-refractivity contribution in [3.8, 4) is 22.9 Å². The summed E-state index contributed by atoms with van der Waals surface area (Å²) in [5.74, 6) is -2.28. The van der Waals surface area contributed by atoms with Gasteiger partial charge in [0, 0.05) is 35.5 Å². The number of nitriles is 1. The maximum absolute atomic E-state index is 16.1. The van der Waals surface area contributed by atoms with Crippen LogP contribution in [0.1, 0.15) is 53.1 Å². The van der Waals surface area contributed by atoms with Crippen LogP contribution in [0.15, 0.2) is 48.8 Å². The second kappa shape index (κ2) is 9.21. The van der Waals surface area contributed by atoms with Crippen LogP contribution in [-0.2, 0) is 4.74 Å². The number of aromatic nitrogens is 4. The number of rotatable bonds is 5. The van der Waals surface area contributed by atoms with Gasteiger partial charge in [0.2, 0.25) is 5.78 Å². The second-order valence-electron chi connectivity index (χ2n) is 9.06. The number of carbonyl (C=O) groups is 1. The highest BCUT2D eigenvalue weighted by molar-refractivity contribution is 5.95. The van der Waals surface area contributed by atoms with Gasteiger partial charge in [0.1, 0.15) is 11.9 Å². The number of carbonyl (C=O) groups excluding carboxylic acids is 1. The topological polar surface area (TPSA) is 123 Å². The molecule has 9 nitrogen and oxygen atoms in total. The number of halogens is 3. The van der Waals surface area contributed by atoms with E-state index in [0.29, 0.717) is 23.3 Å². The van der Waals surface area contributed by atoms with E-state index in [-0.39, 0.29) is 28.3 Å². The van der Waals surface area contributed by atoms with Crippen molar-refractivity contribution in [2.75, 3.05) is 0 Å². The number of ether oxygens (including phenoxy) is 2. The van der Waals surface area contributed by atoms with Crippen LogP contribution >= 0.6 is 0 Å². The van der Waals surface area contributed by atoms with E-state index in [1.165, 1.54) is 19.3 Å². The molecule has 4 aromatic rings. The molecule has 2 aliphatic heterocycles. The summed E-state index contributed by atoms with van der Waals surface area (Å²) >= 11 is 0. The standard InChI is InChI=1S/C27H18F3N5O4/c1-12(36)24(37)25-32-10-13(11-33-25)21-22-14(8-19(23(21)28)39-27(29)30)18(6-7-31)38-20-9-17(22)35-16-5-3-2-4-15(16)34-26(20)35/h2-6,8,10-12,17,20,27,36H,9H2,1H3/b18-6-/t12?,17-,20-/m1/s1. The molecule has 1 N–H and O–H groups in total. The molecular formula is C27H18F3N5O4. The third kappa shape index (κ3) is 3.90. The Kier molecular flexibility index (Phi) is 5.80. The van der Waals surface area contributed by atoms with Crippen molar-refractivity contribution in [1.82, 2.24) is 19.5 Å². The van der Waals surface area contributed by atoms with Crippen LogP contribution in [0.4, 0.5) is 13.2 Å². The van der Waals surface area contributed by atoms with E-state index in [0.717, 1.165) is 17.7 Å². The Hall–Kier alpha value is -4.76. The summed E-state index contributed by atoms with van der Waals surface area (Å²) in [6.45, 7) is -2.07. The zero-order valence-electron chi connectivity index (χ0n) is 20.2. The fourth-order valence-electron chi connectivity index (χ4n) is 5.20. The number of fused-ring (bicyclic) bond motifs is 9. The molecule has 12 heteroatoms. The van der Waals surface area contributed by atoms with E-state index in [4.69, 9.17) is 9.72 Å². The monoisotopic (exact) mass is 533 g/mol. The number of ketones is 1. The van der Waals surface area contributed by atoms with Crippen LogP contribution in [0.2, 0.25) is 0 Å². The number of benzene rings is 2. The minimum atomic E-state index is -3.33. The van der Waals surface area contributed by atoms with Gasteiger partial charge in [-0.1, -0.05) is 12.1 Å². The zero-order chi connectivity index (χ0) is 27.4. The lowest BCUT2D eigenvalue weighted by Gasteiger charge is -2.24. The summed E-state index contributed by atoms with van der Waals surface area (Å²) in [7, 11) is 0. The number of allylic oxidation sites excluding steroid dienone is 1. The van der Waals surface area contributed by atoms with Crippen LogP contribution in [0.25, 0.3) is 27.9 Å². The first-order valence-electron chi connectivity index (χ1n) is 11.9. The maximum Gasteiger partial charge on any atom is 0.387 e. The first-order valence-corrected chi connectivity index (χ1v) is 11.9. The lowest BCUT2D eigenvalue weighted by molar-refractivity contribution is -0.0521. The minimum absolute atomic E-state index is 0.0421. The first-order chi connectivity index (χ1) is 18.8. The van der Waals surface area contributed by atoms with Crippen LogP contribution in [0.3, 0.4) is 0 Å². The van der Waals surface area contributed by atoms with Crippen molar-refractivity contribution in [3.05, 3.63) is 77.4 Å². The molecular weight excluding hydrogens is 515 g/mol. The molecule has 3 atom stereocenters. The predicted octanol–water partition coefficient (Wildman–Crippen LogP) is 4.73. The fraction of sp³-hybridized carbons (Fsp3) is 0.222. The van der Waals surface area contributed by atoms with Crippen LogP contribution in [0.5, 0.6) is 5.75 Å². The molecule has 2 aromatic heterocycles. The second-order valence-corrected chi connectivity index (χ2v) is 9.06. The largest absolute Gasteiger partial charge is 0.481 e. The lowest BCUT2D eigenvalue weighted by atomic mass is 9.89. The van der Waals surface area contributed by atoms with Crippen molar-refractivity contribution in [1.29, 1.82) is 5.26 Å². The maximum atomic E-state index is 16.1. The summed E-state index contributed by atoms with van der Waals surface area (Å²) < 4.78 is 55.3. The molecule has 196 valence electrons. The van der Waals surface area contributed by atoms with Gasteiger partial charge in [-0.05, 0) is 30.7 Å². The molecule has 39 heavy (non-hydrogen) atoms. The molecule has 0 fully saturated rings. The van der Waals surface area contributed by atoms with Gasteiger partial charge in [0.15, 0.2) is 29.3 Å². The van der Waals surface area contributed by atoms with E-state index in [1.807, 2.05) is 34.9 Å². The van der Waals surface area contributed by atoms with Crippen molar-refractivity contribution >= 4 is 22.6 Å². The Balaban J connectivity index is 1.66. The molecule has 0 saturated carbocycles. The highest BCUT2D eigenvalue weighted by Crippen LogP contribution is 2.53. The van der Waals surface area contributed by atoms with E-state index < -0.39 is 42.2 Å². The van der Waals surface area contributed by atoms with E-state index in [2.05, 4.69) is 14.7 Å². The number of hydrogen-bond donors (Lipinski definition) is 1. The van der Waals surface area contributed by atoms with Gasteiger partial charge in [0.25, 0.3) is 0 Å². The normalized spacial score (nSPS) is 19.3. The summed E-state index contributed by atoms with van der Waals surface area (Å²) in [4.78, 5) is 24.8. The summed E-state index contributed by atoms with van der Waals surface area (Å²) in [5, 5.41) is 19.1. The minimum Gasteiger partial charge on any atom is -0.481 e. The first kappa shape index (κ1) is 24.6. The van der Waals surface area contributed by atoms with Gasteiger partial charge in [-0.2, -0.15) is 14.0 Å². The molecule has 4 heterocycles. The highest BCUT2D eigenvalue weighted by Gasteiger charge is 2.43. The van der Waals surface area contributed by atoms with Crippen molar-refractivity contribution < 1.29 is 32.5 Å². The molecule has 0 saturated heterocycles. The molecule has 1 unspecified atom stereocenters. The molecule has 2 bridgehead atoms. The Morgan fingerprint density at radius 1 is 1.31 bits per heavy atom. The van der Waals surface area contributed by atoms with E-state index in [1.54, 1.807) is 0 Å². The predicted molar refractivity (Wildman–Crippen MR) is 130 cm³/mol. The Labute approximate surface area is 218 Å². The Morgan fingerprint density at radius 3 is 2.74 bits per heavy atom. The lowest BCUT2D eigenvalue weighted by Crippen LogP contribution is -2.19. The molecule has 0 spiro atoms. The number of alkyl halides is 2. The van der Waals surface area contributed by atoms with Crippen molar-refractivity contribution in [2.45, 2.75) is 38.2 Å². The molecule has 0 radical (unpaired) electrons. The van der Waals surface area contributed by atoms with Crippen LogP contribution < -0.4 is 4.74 Å². The van der Waals surface area contributed by atoms with Crippen LogP contribution in [0, 0.1) is 17.1 Å². The molecule has 2 aliphatic rings. The number of para-hydroxylation sites is 2. The number of Topliss-reactive ketones (excluding diaryl/α,β-unsaturated/α-hetero) is 1. The van der Waals surface area contributed by atoms with Gasteiger partial charge in [0.05, 0.1) is 29.2 Å². The number of aliphatic hydroxyl groups excluding tert-OH is 1. The van der Waals surface area contributed by atoms with Crippen molar-refractivity contribution in [3.63, 3.8) is 0 Å². The van der Waals surface area contributed by atoms with Gasteiger partial charge >= 0.3 is 6.61 Å². The summed E-state index contributed by atoms with van der Waals surface area (Å²) in [5.41, 5.74) is 1.88. The van der Waals surface area contributed by atoms with Crippen molar-refractivity contribution in [2.24, 2.45) is 0 Å². The quantitative estimate of drug-likeness (QED) is 0.289. The molecule has 0 aliphatic carbocycles. The van der Waals surface area contributed by atoms with E-state index >= 15 is 4.39 Å². The van der Waals surface area contributed by atoms with Gasteiger partial charge in [-0.3, -0.25) is 4.79 Å². The number of hydrogen-bond acceptors (Lipinski definition) is 8. The number of aliphatic hydroxyl groups is 1. The fourth-order valence-corrected chi connectivity index (χ4v) is 5.20. The molecule has 6 rings (SSSR count). The summed E-state index contributed by atoms with van der Waals surface area (Å²) in [6, 6.07) is 9.77. The highest BCUT2D eigenvalue weighted by atomic mass is 19.3. The average molecular weight is 533 g/mol. The average Bonchev–Trinajstić information content (AvgIpc) is 3.41. The van der Waals surface area contributed by atoms with E-state index in [9.17, 15) is 23.9 Å². The Morgan fingerprint density at radius 2 is 2.05 bits per heavy atom. The third-order valence-electron chi connectivity index (χ3n) is 6.75. The van der Waals surface area contributed by atoms with Gasteiger partial charge in [-0.25, -0.2) is 19.3 Å². The van der Waals surface area contributed by atoms with Crippen LogP contribution in [-0.4, -0.2) is 43.1 Å². The Bertz CT molecular complexity index is 1710. The van der Waals surface area contributed by atoms with Gasteiger partial charge < -0.3 is 19.1 Å². The molecule has 2 aromatic carbocycles. The number of nitrogens with zero attached hydrogens (tertiary/aromatic N) is 5. The molecule has 0 amide bonds. The third-order valence-corrected chi connectivity index (χ3v) is 6.75.